The molecule has 0 aliphatic heterocycles. The summed E-state index contributed by atoms with van der Waals surface area (Å²) in [6.45, 7) is 7.89. The number of aromatic nitrogens is 6. The molecule has 3 N–H and O–H groups in total. The van der Waals surface area contributed by atoms with E-state index >= 15 is 0 Å². The van der Waals surface area contributed by atoms with Crippen LogP contribution in [0.5, 0.6) is 0 Å². The number of hydrogen-bond donors (Lipinski definition) is 3. The number of imidazole rings is 1. The summed E-state index contributed by atoms with van der Waals surface area (Å²) in [7, 11) is 3.66. The van der Waals surface area contributed by atoms with E-state index in [0.29, 0.717) is 18.0 Å². The van der Waals surface area contributed by atoms with E-state index in [9.17, 15) is 4.79 Å². The Hall–Kier alpha value is -3.69. The maximum atomic E-state index is 10.6. The third-order valence-electron chi connectivity index (χ3n) is 6.49. The van der Waals surface area contributed by atoms with Gasteiger partial charge in [-0.3, -0.25) is 4.79 Å². The molecule has 0 aromatic carbocycles. The van der Waals surface area contributed by atoms with E-state index in [4.69, 9.17) is 4.98 Å². The predicted molar refractivity (Wildman–Crippen MR) is 144 cm³/mol. The smallest absolute Gasteiger partial charge is 0.242 e. The zero-order valence-corrected chi connectivity index (χ0v) is 22.1. The Balaban J connectivity index is 0.000000256. The third kappa shape index (κ3) is 5.27. The number of amides is 1. The number of hydrogen-bond acceptors (Lipinski definition) is 7. The normalized spacial score (nSPS) is 14.1. The molecule has 1 aliphatic rings. The highest BCUT2D eigenvalue weighted by Gasteiger charge is 2.17. The van der Waals surface area contributed by atoms with Gasteiger partial charge in [0.2, 0.25) is 11.9 Å². The number of nitrogens with zero attached hydrogens (tertiary/aromatic N) is 6. The molecule has 0 saturated heterocycles. The molecule has 1 fully saturated rings. The van der Waals surface area contributed by atoms with Crippen molar-refractivity contribution in [1.29, 1.82) is 0 Å². The van der Waals surface area contributed by atoms with Crippen LogP contribution in [0, 0.1) is 6.92 Å². The Morgan fingerprint density at radius 3 is 2.42 bits per heavy atom. The van der Waals surface area contributed by atoms with E-state index in [2.05, 4.69) is 49.4 Å². The average molecular weight is 492 g/mol. The molecular weight excluding hydrogens is 454 g/mol. The highest BCUT2D eigenvalue weighted by molar-refractivity contribution is 5.89. The molecule has 5 rings (SSSR count). The van der Waals surface area contributed by atoms with Gasteiger partial charge in [-0.1, -0.05) is 19.3 Å². The van der Waals surface area contributed by atoms with Crippen molar-refractivity contribution in [2.75, 3.05) is 24.7 Å². The van der Waals surface area contributed by atoms with Gasteiger partial charge in [-0.25, -0.2) is 14.5 Å². The van der Waals surface area contributed by atoms with E-state index in [0.717, 1.165) is 39.6 Å². The van der Waals surface area contributed by atoms with Gasteiger partial charge in [-0.2, -0.15) is 4.98 Å². The van der Waals surface area contributed by atoms with Crippen LogP contribution in [0.3, 0.4) is 0 Å². The van der Waals surface area contributed by atoms with E-state index in [1.807, 2.05) is 42.9 Å². The third-order valence-corrected chi connectivity index (χ3v) is 6.49. The zero-order valence-electron chi connectivity index (χ0n) is 22.1. The van der Waals surface area contributed by atoms with Gasteiger partial charge in [-0.15, -0.1) is 5.10 Å². The first kappa shape index (κ1) is 25.4. The number of nitrogens with one attached hydrogen (secondary N) is 3. The van der Waals surface area contributed by atoms with Crippen LogP contribution in [0.25, 0.3) is 27.9 Å². The van der Waals surface area contributed by atoms with Gasteiger partial charge in [0.1, 0.15) is 16.9 Å². The first-order valence-electron chi connectivity index (χ1n) is 12.7. The highest BCUT2D eigenvalue weighted by atomic mass is 16.1. The van der Waals surface area contributed by atoms with Gasteiger partial charge in [0, 0.05) is 44.9 Å². The lowest BCUT2D eigenvalue weighted by Gasteiger charge is -2.21. The molecule has 0 spiro atoms. The second-order valence-corrected chi connectivity index (χ2v) is 9.50. The van der Waals surface area contributed by atoms with Crippen LogP contribution >= 0.6 is 0 Å². The fraction of sp³-hybridized carbons (Fsp3) is 0.500. The Kier molecular flexibility index (Phi) is 7.71. The van der Waals surface area contributed by atoms with Crippen LogP contribution in [0.1, 0.15) is 64.7 Å². The van der Waals surface area contributed by atoms with Crippen molar-refractivity contribution in [2.24, 2.45) is 0 Å². The fourth-order valence-corrected chi connectivity index (χ4v) is 4.90. The second kappa shape index (κ2) is 10.9. The number of aryl methyl sites for hydroxylation is 1. The van der Waals surface area contributed by atoms with Gasteiger partial charge >= 0.3 is 0 Å². The van der Waals surface area contributed by atoms with Gasteiger partial charge in [0.15, 0.2) is 11.5 Å². The summed E-state index contributed by atoms with van der Waals surface area (Å²) in [5.74, 6) is 2.40. The number of fused-ring (bicyclic) bond motifs is 2. The maximum absolute atomic E-state index is 10.6. The van der Waals surface area contributed by atoms with E-state index < -0.39 is 0 Å². The lowest BCUT2D eigenvalue weighted by molar-refractivity contribution is -0.119. The monoisotopic (exact) mass is 491 g/mol. The SMILES string of the molecule is CC(=O)NC1CCCCC1.CNc1nc(NC)c2c(-c3ccc4nc(C)n(C(C)C)c4n3)ccn2n1. The van der Waals surface area contributed by atoms with Crippen molar-refractivity contribution in [3.63, 3.8) is 0 Å². The molecule has 0 atom stereocenters. The van der Waals surface area contributed by atoms with E-state index in [1.165, 1.54) is 32.1 Å². The van der Waals surface area contributed by atoms with Crippen LogP contribution in [0.4, 0.5) is 11.8 Å². The highest BCUT2D eigenvalue weighted by Crippen LogP contribution is 2.30. The maximum Gasteiger partial charge on any atom is 0.242 e. The number of rotatable bonds is 5. The molecule has 1 saturated carbocycles. The van der Waals surface area contributed by atoms with Crippen LogP contribution < -0.4 is 16.0 Å². The van der Waals surface area contributed by atoms with Crippen molar-refractivity contribution in [3.05, 3.63) is 30.2 Å². The Labute approximate surface area is 211 Å². The molecule has 4 heterocycles. The summed E-state index contributed by atoms with van der Waals surface area (Å²) in [4.78, 5) is 24.7. The Bertz CT molecular complexity index is 1350. The lowest BCUT2D eigenvalue weighted by atomic mass is 9.95. The molecular formula is C26H37N9O. The molecule has 4 aromatic heterocycles. The Morgan fingerprint density at radius 1 is 1.03 bits per heavy atom. The van der Waals surface area contributed by atoms with Gasteiger partial charge in [-0.05, 0) is 51.8 Å². The zero-order chi connectivity index (χ0) is 25.8. The predicted octanol–water partition coefficient (Wildman–Crippen LogP) is 4.57. The van der Waals surface area contributed by atoms with Crippen molar-refractivity contribution in [2.45, 2.75) is 71.9 Å². The molecule has 0 unspecified atom stereocenters. The number of pyridine rings is 1. The summed E-state index contributed by atoms with van der Waals surface area (Å²) in [6, 6.07) is 6.81. The summed E-state index contributed by atoms with van der Waals surface area (Å²) in [6.07, 6.45) is 8.19. The van der Waals surface area contributed by atoms with Crippen molar-refractivity contribution in [1.82, 2.24) is 34.4 Å². The van der Waals surface area contributed by atoms with E-state index in [1.54, 1.807) is 14.0 Å². The van der Waals surface area contributed by atoms with Crippen LogP contribution in [-0.2, 0) is 4.79 Å². The minimum atomic E-state index is 0.118. The van der Waals surface area contributed by atoms with Crippen LogP contribution in [-0.4, -0.2) is 55.2 Å². The van der Waals surface area contributed by atoms with Gasteiger partial charge in [0.25, 0.3) is 0 Å². The largest absolute Gasteiger partial charge is 0.371 e. The summed E-state index contributed by atoms with van der Waals surface area (Å²) in [5.41, 5.74) is 4.55. The minimum absolute atomic E-state index is 0.118. The number of anilines is 2. The quantitative estimate of drug-likeness (QED) is 0.375. The van der Waals surface area contributed by atoms with Crippen molar-refractivity contribution < 1.29 is 4.79 Å². The van der Waals surface area contributed by atoms with E-state index in [-0.39, 0.29) is 5.91 Å². The molecule has 1 aliphatic carbocycles. The molecule has 1 amide bonds. The molecule has 192 valence electrons. The first-order chi connectivity index (χ1) is 17.3. The van der Waals surface area contributed by atoms with Crippen molar-refractivity contribution >= 4 is 34.4 Å². The summed E-state index contributed by atoms with van der Waals surface area (Å²) in [5, 5.41) is 13.5. The Morgan fingerprint density at radius 2 is 1.78 bits per heavy atom. The molecule has 0 bridgehead atoms. The molecule has 10 nitrogen and oxygen atoms in total. The summed E-state index contributed by atoms with van der Waals surface area (Å²) >= 11 is 0. The number of carbonyl (C=O) groups is 1. The van der Waals surface area contributed by atoms with Gasteiger partial charge in [0.05, 0.1) is 5.69 Å². The van der Waals surface area contributed by atoms with Gasteiger partial charge < -0.3 is 20.5 Å². The van der Waals surface area contributed by atoms with Crippen molar-refractivity contribution in [3.8, 4) is 11.3 Å². The van der Waals surface area contributed by atoms with Crippen LogP contribution in [0.15, 0.2) is 24.4 Å². The minimum Gasteiger partial charge on any atom is -0.371 e. The molecule has 4 aromatic rings. The molecule has 0 radical (unpaired) electrons. The number of carbonyl (C=O) groups excluding carboxylic acids is 1. The lowest BCUT2D eigenvalue weighted by Crippen LogP contribution is -2.34. The topological polar surface area (TPSA) is 114 Å². The molecule has 36 heavy (non-hydrogen) atoms. The van der Waals surface area contributed by atoms with Crippen LogP contribution in [0.2, 0.25) is 0 Å². The molecule has 10 heteroatoms. The average Bonchev–Trinajstić information content (AvgIpc) is 3.43. The fourth-order valence-electron chi connectivity index (χ4n) is 4.90. The first-order valence-corrected chi connectivity index (χ1v) is 12.7. The standard InChI is InChI=1S/C18H22N8.C8H15NO/c1-10(2)26-11(3)21-14-7-6-13(22-17(14)26)12-8-9-25-15(12)16(19-4)23-18(20-5)24-25;1-7(10)9-8-5-3-2-4-6-8/h6-10H,1-5H3,(H2,19,20,23,24);8H,2-6H2,1H3,(H,9,10). The second-order valence-electron chi connectivity index (χ2n) is 9.50. The summed E-state index contributed by atoms with van der Waals surface area (Å²) < 4.78 is 3.97.